The highest BCUT2D eigenvalue weighted by Crippen LogP contribution is 2.11. The Labute approximate surface area is 102 Å². The highest BCUT2D eigenvalue weighted by atomic mass is 16.5. The summed E-state index contributed by atoms with van der Waals surface area (Å²) in [5.74, 6) is -1.05. The Morgan fingerprint density at radius 2 is 1.71 bits per heavy atom. The van der Waals surface area contributed by atoms with Gasteiger partial charge in [0.05, 0.1) is 19.8 Å². The number of esters is 2. The molecular weight excluding hydrogens is 220 g/mol. The maximum Gasteiger partial charge on any atom is 0.338 e. The molecular formula is C13H20O4. The summed E-state index contributed by atoms with van der Waals surface area (Å²) in [6, 6.07) is 0. The van der Waals surface area contributed by atoms with E-state index in [2.05, 4.69) is 16.4 Å². The normalized spacial score (nSPS) is 12.2. The average Bonchev–Trinajstić information content (AvgIpc) is 2.36. The first kappa shape index (κ1) is 15.4. The molecule has 0 spiro atoms. The lowest BCUT2D eigenvalue weighted by atomic mass is 10.1. The molecule has 0 aromatic heterocycles. The fourth-order valence-corrected chi connectivity index (χ4v) is 1.24. The number of carbonyl (C=O) groups is 2. The third kappa shape index (κ3) is 5.33. The monoisotopic (exact) mass is 240 g/mol. The molecule has 0 aliphatic carbocycles. The van der Waals surface area contributed by atoms with Gasteiger partial charge in [-0.05, 0) is 13.3 Å². The van der Waals surface area contributed by atoms with Crippen LogP contribution in [0.2, 0.25) is 0 Å². The molecule has 4 heteroatoms. The summed E-state index contributed by atoms with van der Waals surface area (Å²) < 4.78 is 9.21. The summed E-state index contributed by atoms with van der Waals surface area (Å²) in [5, 5.41) is 0. The molecule has 0 aliphatic heterocycles. The van der Waals surface area contributed by atoms with Crippen LogP contribution < -0.4 is 0 Å². The van der Waals surface area contributed by atoms with E-state index in [0.717, 1.165) is 19.3 Å². The number of hydrogen-bond donors (Lipinski definition) is 0. The molecule has 0 heterocycles. The molecule has 0 aromatic rings. The molecule has 0 aliphatic rings. The number of unbranched alkanes of at least 4 members (excludes halogenated alkanes) is 2. The summed E-state index contributed by atoms with van der Waals surface area (Å²) in [5.41, 5.74) is 0.502. The maximum atomic E-state index is 11.5. The number of ether oxygens (including phenoxy) is 2. The van der Waals surface area contributed by atoms with Crippen molar-refractivity contribution < 1.29 is 19.1 Å². The van der Waals surface area contributed by atoms with E-state index in [1.54, 1.807) is 13.0 Å². The van der Waals surface area contributed by atoms with Crippen molar-refractivity contribution in [3.8, 4) is 0 Å². The molecule has 0 bridgehead atoms. The number of methoxy groups -OCH3 is 2. The van der Waals surface area contributed by atoms with E-state index in [4.69, 9.17) is 0 Å². The van der Waals surface area contributed by atoms with Gasteiger partial charge in [-0.15, -0.1) is 0 Å². The van der Waals surface area contributed by atoms with Crippen LogP contribution in [0.4, 0.5) is 0 Å². The van der Waals surface area contributed by atoms with Crippen LogP contribution in [0.3, 0.4) is 0 Å². The molecule has 0 fully saturated rings. The van der Waals surface area contributed by atoms with Gasteiger partial charge in [-0.3, -0.25) is 0 Å². The molecule has 0 atom stereocenters. The second kappa shape index (κ2) is 8.56. The first-order valence-corrected chi connectivity index (χ1v) is 5.62. The van der Waals surface area contributed by atoms with E-state index in [0.29, 0.717) is 0 Å². The van der Waals surface area contributed by atoms with Crippen LogP contribution in [-0.4, -0.2) is 26.2 Å². The van der Waals surface area contributed by atoms with Crippen molar-refractivity contribution in [1.82, 2.24) is 0 Å². The van der Waals surface area contributed by atoms with Crippen LogP contribution in [0, 0.1) is 0 Å². The van der Waals surface area contributed by atoms with Gasteiger partial charge in [-0.1, -0.05) is 31.9 Å². The summed E-state index contributed by atoms with van der Waals surface area (Å²) >= 11 is 0. The van der Waals surface area contributed by atoms with E-state index in [9.17, 15) is 9.59 Å². The molecule has 0 unspecified atom stereocenters. The van der Waals surface area contributed by atoms with E-state index in [1.165, 1.54) is 14.2 Å². The highest BCUT2D eigenvalue weighted by molar-refractivity contribution is 6.01. The first-order valence-electron chi connectivity index (χ1n) is 5.62. The van der Waals surface area contributed by atoms with E-state index < -0.39 is 11.9 Å². The topological polar surface area (TPSA) is 52.6 Å². The van der Waals surface area contributed by atoms with Gasteiger partial charge in [0.25, 0.3) is 0 Å². The van der Waals surface area contributed by atoms with Crippen molar-refractivity contribution in [3.05, 3.63) is 23.3 Å². The Kier molecular flexibility index (Phi) is 7.76. The van der Waals surface area contributed by atoms with E-state index in [1.807, 2.05) is 6.08 Å². The molecule has 0 rings (SSSR count). The highest BCUT2D eigenvalue weighted by Gasteiger charge is 2.15. The minimum Gasteiger partial charge on any atom is -0.466 e. The standard InChI is InChI=1S/C13H20O4/c1-5-6-7-8-9-11(13(15)17-4)10(2)12(14)16-3/h8-9H,5-7H2,1-4H3. The third-order valence-corrected chi connectivity index (χ3v) is 2.31. The van der Waals surface area contributed by atoms with Crippen LogP contribution >= 0.6 is 0 Å². The summed E-state index contributed by atoms with van der Waals surface area (Å²) in [4.78, 5) is 22.8. The van der Waals surface area contributed by atoms with Crippen molar-refractivity contribution in [2.24, 2.45) is 0 Å². The Hall–Kier alpha value is -1.58. The van der Waals surface area contributed by atoms with Gasteiger partial charge in [0, 0.05) is 5.57 Å². The quantitative estimate of drug-likeness (QED) is 0.309. The van der Waals surface area contributed by atoms with Gasteiger partial charge in [-0.25, -0.2) is 9.59 Å². The van der Waals surface area contributed by atoms with Crippen molar-refractivity contribution >= 4 is 11.9 Å². The fourth-order valence-electron chi connectivity index (χ4n) is 1.24. The fraction of sp³-hybridized carbons (Fsp3) is 0.538. The molecule has 0 radical (unpaired) electrons. The summed E-state index contributed by atoms with van der Waals surface area (Å²) in [6.45, 7) is 3.63. The predicted molar refractivity (Wildman–Crippen MR) is 65.4 cm³/mol. The SMILES string of the molecule is CCCCC=CC(C(=O)OC)=C(C)C(=O)OC. The third-order valence-electron chi connectivity index (χ3n) is 2.31. The molecule has 0 saturated carbocycles. The molecule has 0 amide bonds. The van der Waals surface area contributed by atoms with Crippen LogP contribution in [-0.2, 0) is 19.1 Å². The van der Waals surface area contributed by atoms with E-state index >= 15 is 0 Å². The number of rotatable bonds is 6. The zero-order valence-corrected chi connectivity index (χ0v) is 10.9. The molecule has 17 heavy (non-hydrogen) atoms. The second-order valence-electron chi connectivity index (χ2n) is 3.57. The van der Waals surface area contributed by atoms with Crippen LogP contribution in [0.15, 0.2) is 23.3 Å². The Morgan fingerprint density at radius 1 is 1.12 bits per heavy atom. The largest absolute Gasteiger partial charge is 0.466 e. The first-order chi connectivity index (χ1) is 8.08. The molecule has 4 nitrogen and oxygen atoms in total. The molecule has 0 N–H and O–H groups in total. The van der Waals surface area contributed by atoms with Crippen LogP contribution in [0.1, 0.15) is 33.1 Å². The molecule has 0 aromatic carbocycles. The van der Waals surface area contributed by atoms with Gasteiger partial charge >= 0.3 is 11.9 Å². The van der Waals surface area contributed by atoms with Gasteiger partial charge in [0.15, 0.2) is 0 Å². The Morgan fingerprint density at radius 3 is 2.18 bits per heavy atom. The lowest BCUT2D eigenvalue weighted by Crippen LogP contribution is -2.11. The van der Waals surface area contributed by atoms with Crippen molar-refractivity contribution in [1.29, 1.82) is 0 Å². The minimum absolute atomic E-state index is 0.246. The Balaban J connectivity index is 4.94. The Bertz CT molecular complexity index is 326. The minimum atomic E-state index is -0.527. The predicted octanol–water partition coefficient (Wildman–Crippen LogP) is 2.40. The number of hydrogen-bond acceptors (Lipinski definition) is 4. The zero-order valence-electron chi connectivity index (χ0n) is 10.9. The smallest absolute Gasteiger partial charge is 0.338 e. The van der Waals surface area contributed by atoms with E-state index in [-0.39, 0.29) is 11.1 Å². The van der Waals surface area contributed by atoms with Crippen molar-refractivity contribution in [3.63, 3.8) is 0 Å². The number of carbonyl (C=O) groups excluding carboxylic acids is 2. The number of allylic oxidation sites excluding steroid dienone is 1. The van der Waals surface area contributed by atoms with Gasteiger partial charge < -0.3 is 9.47 Å². The maximum absolute atomic E-state index is 11.5. The zero-order chi connectivity index (χ0) is 13.3. The average molecular weight is 240 g/mol. The van der Waals surface area contributed by atoms with Gasteiger partial charge in [-0.2, -0.15) is 0 Å². The van der Waals surface area contributed by atoms with Crippen LogP contribution in [0.25, 0.3) is 0 Å². The van der Waals surface area contributed by atoms with Crippen molar-refractivity contribution in [2.45, 2.75) is 33.1 Å². The van der Waals surface area contributed by atoms with Gasteiger partial charge in [0.1, 0.15) is 0 Å². The second-order valence-corrected chi connectivity index (χ2v) is 3.57. The molecule has 96 valence electrons. The molecule has 0 saturated heterocycles. The van der Waals surface area contributed by atoms with Crippen molar-refractivity contribution in [2.75, 3.05) is 14.2 Å². The lowest BCUT2D eigenvalue weighted by Gasteiger charge is -2.05. The lowest BCUT2D eigenvalue weighted by molar-refractivity contribution is -0.139. The summed E-state index contributed by atoms with van der Waals surface area (Å²) in [7, 11) is 2.56. The van der Waals surface area contributed by atoms with Crippen LogP contribution in [0.5, 0.6) is 0 Å². The summed E-state index contributed by atoms with van der Waals surface area (Å²) in [6.07, 6.45) is 6.47. The van der Waals surface area contributed by atoms with Gasteiger partial charge in [0.2, 0.25) is 0 Å².